The monoisotopic (exact) mass is 540 g/mol. The van der Waals surface area contributed by atoms with Crippen LogP contribution >= 0.6 is 22.6 Å². The van der Waals surface area contributed by atoms with Crippen molar-refractivity contribution in [1.29, 1.82) is 0 Å². The van der Waals surface area contributed by atoms with E-state index in [1.807, 2.05) is 66.4 Å². The maximum atomic E-state index is 13.0. The summed E-state index contributed by atoms with van der Waals surface area (Å²) < 4.78 is 2.98. The molecule has 3 N–H and O–H groups in total. The summed E-state index contributed by atoms with van der Waals surface area (Å²) in [5.41, 5.74) is 4.34. The largest absolute Gasteiger partial charge is 0.394 e. The van der Waals surface area contributed by atoms with Gasteiger partial charge in [0, 0.05) is 33.9 Å². The molecule has 0 saturated carbocycles. The van der Waals surface area contributed by atoms with E-state index in [-0.39, 0.29) is 12.5 Å². The van der Waals surface area contributed by atoms with Crippen LogP contribution in [0.4, 0.5) is 5.82 Å². The zero-order valence-corrected chi connectivity index (χ0v) is 19.9. The molecule has 0 fully saturated rings. The summed E-state index contributed by atoms with van der Waals surface area (Å²) in [5.74, 6) is 0.547. The van der Waals surface area contributed by atoms with E-state index in [0.29, 0.717) is 5.56 Å². The van der Waals surface area contributed by atoms with Gasteiger partial charge in [-0.25, -0.2) is 4.98 Å². The molecule has 32 heavy (non-hydrogen) atoms. The molecule has 0 aliphatic heterocycles. The van der Waals surface area contributed by atoms with Gasteiger partial charge in [-0.1, -0.05) is 24.3 Å². The zero-order valence-electron chi connectivity index (χ0n) is 17.8. The van der Waals surface area contributed by atoms with Crippen molar-refractivity contribution in [1.82, 2.24) is 14.9 Å². The average Bonchev–Trinajstić information content (AvgIpc) is 3.20. The Hall–Kier alpha value is -2.91. The molecule has 0 unspecified atom stereocenters. The fourth-order valence-electron chi connectivity index (χ4n) is 3.66. The Bertz CT molecular complexity index is 1180. The third-order valence-electron chi connectivity index (χ3n) is 5.35. The number of amides is 1. The smallest absolute Gasteiger partial charge is 0.253 e. The van der Waals surface area contributed by atoms with Gasteiger partial charge in [-0.05, 0) is 77.8 Å². The van der Waals surface area contributed by atoms with Gasteiger partial charge in [-0.15, -0.1) is 0 Å². The highest BCUT2D eigenvalue weighted by molar-refractivity contribution is 14.1. The van der Waals surface area contributed by atoms with Gasteiger partial charge in [0.15, 0.2) is 0 Å². The highest BCUT2D eigenvalue weighted by Crippen LogP contribution is 2.21. The van der Waals surface area contributed by atoms with Crippen molar-refractivity contribution in [3.63, 3.8) is 0 Å². The lowest BCUT2D eigenvalue weighted by Crippen LogP contribution is -2.31. The molecule has 4 rings (SSSR count). The molecule has 2 aromatic heterocycles. The summed E-state index contributed by atoms with van der Waals surface area (Å²) in [6.45, 7) is 1.74. The molecule has 7 heteroatoms. The van der Waals surface area contributed by atoms with E-state index in [2.05, 4.69) is 50.4 Å². The van der Waals surface area contributed by atoms with Crippen molar-refractivity contribution in [2.24, 2.45) is 0 Å². The Balaban J connectivity index is 1.52. The Kier molecular flexibility index (Phi) is 7.06. The van der Waals surface area contributed by atoms with E-state index in [4.69, 9.17) is 0 Å². The first-order valence-corrected chi connectivity index (χ1v) is 11.6. The number of aliphatic hydroxyl groups excluding tert-OH is 1. The van der Waals surface area contributed by atoms with Crippen molar-refractivity contribution in [2.75, 3.05) is 11.9 Å². The third kappa shape index (κ3) is 5.28. The molecule has 0 radical (unpaired) electrons. The van der Waals surface area contributed by atoms with Gasteiger partial charge in [-0.3, -0.25) is 4.79 Å². The molecular weight excluding hydrogens is 515 g/mol. The number of nitrogens with one attached hydrogen (secondary N) is 2. The highest BCUT2D eigenvalue weighted by Gasteiger charge is 2.18. The molecule has 0 saturated heterocycles. The Labute approximate surface area is 201 Å². The number of benzene rings is 1. The molecule has 1 atom stereocenters. The highest BCUT2D eigenvalue weighted by atomic mass is 127. The fourth-order valence-corrected chi connectivity index (χ4v) is 4.22. The fraction of sp³-hybridized carbons (Fsp3) is 0.200. The molecule has 1 amide bonds. The van der Waals surface area contributed by atoms with E-state index < -0.39 is 6.04 Å². The molecule has 1 aliphatic rings. The molecule has 3 aromatic rings. The normalized spacial score (nSPS) is 14.0. The van der Waals surface area contributed by atoms with Gasteiger partial charge in [0.25, 0.3) is 5.91 Å². The van der Waals surface area contributed by atoms with E-state index in [1.54, 1.807) is 6.20 Å². The van der Waals surface area contributed by atoms with E-state index in [0.717, 1.165) is 44.7 Å². The molecule has 164 valence electrons. The maximum absolute atomic E-state index is 13.0. The van der Waals surface area contributed by atoms with Crippen LogP contribution in [0, 0.1) is 10.5 Å². The minimum atomic E-state index is -0.463. The van der Waals surface area contributed by atoms with Crippen LogP contribution in [0.15, 0.2) is 78.9 Å². The number of aryl methyl sites for hydroxylation is 1. The molecule has 2 heterocycles. The number of aliphatic hydroxyl groups is 1. The van der Waals surface area contributed by atoms with Gasteiger partial charge in [-0.2, -0.15) is 0 Å². The summed E-state index contributed by atoms with van der Waals surface area (Å²) in [7, 11) is 0. The van der Waals surface area contributed by atoms with Crippen LogP contribution < -0.4 is 10.6 Å². The zero-order chi connectivity index (χ0) is 22.5. The lowest BCUT2D eigenvalue weighted by atomic mass is 10.1. The SMILES string of the molecule is Cc1cn(-c2ccnc(NC3=CC=CCC3)c2)cc1C(=O)N[C@H](CO)c1cccc(I)c1. The van der Waals surface area contributed by atoms with E-state index >= 15 is 0 Å². The number of aromatic nitrogens is 2. The topological polar surface area (TPSA) is 79.2 Å². The summed E-state index contributed by atoms with van der Waals surface area (Å²) in [6, 6.07) is 11.2. The molecule has 1 aromatic carbocycles. The van der Waals surface area contributed by atoms with Crippen molar-refractivity contribution >= 4 is 34.3 Å². The van der Waals surface area contributed by atoms with Gasteiger partial charge in [0.1, 0.15) is 5.82 Å². The first-order valence-electron chi connectivity index (χ1n) is 10.5. The predicted molar refractivity (Wildman–Crippen MR) is 135 cm³/mol. The van der Waals surface area contributed by atoms with Crippen LogP contribution in [0.1, 0.15) is 40.4 Å². The lowest BCUT2D eigenvalue weighted by Gasteiger charge is -2.17. The van der Waals surface area contributed by atoms with Gasteiger partial charge in [0.05, 0.1) is 23.9 Å². The molecule has 0 bridgehead atoms. The van der Waals surface area contributed by atoms with Crippen LogP contribution in [-0.2, 0) is 0 Å². The number of halogens is 1. The van der Waals surface area contributed by atoms with Crippen molar-refractivity contribution in [3.8, 4) is 5.69 Å². The van der Waals surface area contributed by atoms with Crippen LogP contribution in [0.25, 0.3) is 5.69 Å². The van der Waals surface area contributed by atoms with Gasteiger partial charge < -0.3 is 20.3 Å². The summed E-state index contributed by atoms with van der Waals surface area (Å²) >= 11 is 2.22. The number of rotatable bonds is 7. The molecule has 6 nitrogen and oxygen atoms in total. The number of pyridine rings is 1. The number of anilines is 1. The minimum Gasteiger partial charge on any atom is -0.394 e. The Morgan fingerprint density at radius 2 is 2.16 bits per heavy atom. The number of carbonyl (C=O) groups excluding carboxylic acids is 1. The number of hydrogen-bond acceptors (Lipinski definition) is 4. The Morgan fingerprint density at radius 3 is 2.91 bits per heavy atom. The maximum Gasteiger partial charge on any atom is 0.253 e. The van der Waals surface area contributed by atoms with Crippen molar-refractivity contribution < 1.29 is 9.90 Å². The van der Waals surface area contributed by atoms with Crippen LogP contribution in [0.3, 0.4) is 0 Å². The van der Waals surface area contributed by atoms with Gasteiger partial charge in [0.2, 0.25) is 0 Å². The Morgan fingerprint density at radius 1 is 1.28 bits per heavy atom. The summed E-state index contributed by atoms with van der Waals surface area (Å²) in [5, 5.41) is 16.2. The van der Waals surface area contributed by atoms with Gasteiger partial charge >= 0.3 is 0 Å². The minimum absolute atomic E-state index is 0.171. The predicted octanol–water partition coefficient (Wildman–Crippen LogP) is 4.89. The second kappa shape index (κ2) is 10.1. The van der Waals surface area contributed by atoms with Crippen molar-refractivity contribution in [3.05, 3.63) is 99.2 Å². The number of carbonyl (C=O) groups is 1. The second-order valence-electron chi connectivity index (χ2n) is 7.71. The number of allylic oxidation sites excluding steroid dienone is 4. The van der Waals surface area contributed by atoms with Crippen LogP contribution in [-0.4, -0.2) is 27.2 Å². The van der Waals surface area contributed by atoms with Crippen LogP contribution in [0.2, 0.25) is 0 Å². The van der Waals surface area contributed by atoms with Crippen molar-refractivity contribution in [2.45, 2.75) is 25.8 Å². The first-order chi connectivity index (χ1) is 15.5. The first kappa shape index (κ1) is 22.3. The number of nitrogens with zero attached hydrogens (tertiary/aromatic N) is 2. The second-order valence-corrected chi connectivity index (χ2v) is 8.95. The summed E-state index contributed by atoms with van der Waals surface area (Å²) in [4.78, 5) is 17.4. The average molecular weight is 540 g/mol. The van der Waals surface area contributed by atoms with E-state index in [9.17, 15) is 9.90 Å². The number of hydrogen-bond donors (Lipinski definition) is 3. The quantitative estimate of drug-likeness (QED) is 0.373. The molecular formula is C25H25IN4O2. The lowest BCUT2D eigenvalue weighted by molar-refractivity contribution is 0.0915. The standard InChI is InChI=1S/C25H25IN4O2/c1-17-14-30(21-10-11-27-24(13-21)28-20-8-3-2-4-9-20)15-22(17)25(32)29-23(16-31)18-6-5-7-19(26)12-18/h2-3,5-8,10-15,23,31H,4,9,16H2,1H3,(H,27,28)(H,29,32)/t23-/m1/s1. The van der Waals surface area contributed by atoms with Crippen LogP contribution in [0.5, 0.6) is 0 Å². The summed E-state index contributed by atoms with van der Waals surface area (Å²) in [6.07, 6.45) is 13.7. The third-order valence-corrected chi connectivity index (χ3v) is 6.02. The van der Waals surface area contributed by atoms with E-state index in [1.165, 1.54) is 0 Å². The molecule has 1 aliphatic carbocycles. The molecule has 0 spiro atoms.